The Labute approximate surface area is 124 Å². The molecule has 1 aliphatic carbocycles. The lowest BCUT2D eigenvalue weighted by Crippen LogP contribution is -2.65. The molecule has 7 heteroatoms. The summed E-state index contributed by atoms with van der Waals surface area (Å²) in [4.78, 5) is 34.8. The summed E-state index contributed by atoms with van der Waals surface area (Å²) in [6, 6.07) is 0. The van der Waals surface area contributed by atoms with Gasteiger partial charge in [-0.1, -0.05) is 0 Å². The SMILES string of the molecule is CCOC(=O)C1(NC(=O)OC(C)(C)C)CC(OC(C)=O)C1. The van der Waals surface area contributed by atoms with Crippen LogP contribution in [-0.2, 0) is 23.8 Å². The zero-order valence-corrected chi connectivity index (χ0v) is 13.1. The molecule has 1 amide bonds. The monoisotopic (exact) mass is 301 g/mol. The number of carbonyl (C=O) groups excluding carboxylic acids is 3. The van der Waals surface area contributed by atoms with Gasteiger partial charge in [-0.3, -0.25) is 4.79 Å². The molecule has 1 N–H and O–H groups in total. The molecule has 0 radical (unpaired) electrons. The number of ether oxygens (including phenoxy) is 3. The average molecular weight is 301 g/mol. The molecule has 0 aromatic rings. The summed E-state index contributed by atoms with van der Waals surface area (Å²) < 4.78 is 15.1. The molecule has 0 saturated heterocycles. The predicted octanol–water partition coefficient (Wildman–Crippen LogP) is 1.54. The minimum absolute atomic E-state index is 0.185. The number of hydrogen-bond donors (Lipinski definition) is 1. The van der Waals surface area contributed by atoms with Crippen LogP contribution in [0.4, 0.5) is 4.79 Å². The Morgan fingerprint density at radius 3 is 2.24 bits per heavy atom. The molecule has 0 aromatic heterocycles. The van der Waals surface area contributed by atoms with Gasteiger partial charge in [0, 0.05) is 19.8 Å². The van der Waals surface area contributed by atoms with Crippen LogP contribution in [0.3, 0.4) is 0 Å². The van der Waals surface area contributed by atoms with Gasteiger partial charge >= 0.3 is 18.0 Å². The van der Waals surface area contributed by atoms with Gasteiger partial charge in [0.15, 0.2) is 0 Å². The fourth-order valence-electron chi connectivity index (χ4n) is 2.12. The molecule has 21 heavy (non-hydrogen) atoms. The molecular formula is C14H23NO6. The molecule has 0 bridgehead atoms. The second-order valence-corrected chi connectivity index (χ2v) is 6.07. The van der Waals surface area contributed by atoms with Crippen LogP contribution < -0.4 is 5.32 Å². The van der Waals surface area contributed by atoms with Crippen LogP contribution in [0.2, 0.25) is 0 Å². The van der Waals surface area contributed by atoms with E-state index in [-0.39, 0.29) is 19.4 Å². The summed E-state index contributed by atoms with van der Waals surface area (Å²) in [6.07, 6.45) is -0.728. The van der Waals surface area contributed by atoms with E-state index in [1.165, 1.54) is 6.92 Å². The molecule has 0 heterocycles. The number of hydrogen-bond acceptors (Lipinski definition) is 6. The normalized spacial score (nSPS) is 24.5. The molecule has 1 rings (SSSR count). The van der Waals surface area contributed by atoms with Crippen molar-refractivity contribution in [1.82, 2.24) is 5.32 Å². The number of alkyl carbamates (subject to hydrolysis) is 1. The third kappa shape index (κ3) is 4.91. The van der Waals surface area contributed by atoms with Crippen molar-refractivity contribution in [2.45, 2.75) is 64.7 Å². The minimum Gasteiger partial charge on any atom is -0.464 e. The van der Waals surface area contributed by atoms with Crippen molar-refractivity contribution in [1.29, 1.82) is 0 Å². The Kier molecular flexibility index (Phi) is 5.20. The molecule has 120 valence electrons. The first-order valence-electron chi connectivity index (χ1n) is 6.93. The average Bonchev–Trinajstić information content (AvgIpc) is 2.22. The summed E-state index contributed by atoms with van der Waals surface area (Å²) in [5.74, 6) is -0.964. The van der Waals surface area contributed by atoms with Gasteiger partial charge in [0.05, 0.1) is 6.61 Å². The van der Waals surface area contributed by atoms with Gasteiger partial charge in [-0.25, -0.2) is 9.59 Å². The molecule has 1 aliphatic rings. The first kappa shape index (κ1) is 17.3. The smallest absolute Gasteiger partial charge is 0.408 e. The lowest BCUT2D eigenvalue weighted by molar-refractivity contribution is -0.171. The van der Waals surface area contributed by atoms with Crippen molar-refractivity contribution in [3.8, 4) is 0 Å². The number of rotatable bonds is 4. The van der Waals surface area contributed by atoms with E-state index in [0.29, 0.717) is 0 Å². The third-order valence-electron chi connectivity index (χ3n) is 2.89. The van der Waals surface area contributed by atoms with E-state index < -0.39 is 35.3 Å². The fourth-order valence-corrected chi connectivity index (χ4v) is 2.12. The largest absolute Gasteiger partial charge is 0.464 e. The summed E-state index contributed by atoms with van der Waals surface area (Å²) in [7, 11) is 0. The maximum Gasteiger partial charge on any atom is 0.408 e. The Bertz CT molecular complexity index is 420. The van der Waals surface area contributed by atoms with E-state index in [1.54, 1.807) is 27.7 Å². The predicted molar refractivity (Wildman–Crippen MR) is 73.5 cm³/mol. The van der Waals surface area contributed by atoms with Crippen LogP contribution in [0.1, 0.15) is 47.5 Å². The van der Waals surface area contributed by atoms with E-state index in [0.717, 1.165) is 0 Å². The van der Waals surface area contributed by atoms with E-state index in [1.807, 2.05) is 0 Å². The van der Waals surface area contributed by atoms with Crippen molar-refractivity contribution in [2.24, 2.45) is 0 Å². The first-order chi connectivity index (χ1) is 9.58. The van der Waals surface area contributed by atoms with Crippen LogP contribution in [0.15, 0.2) is 0 Å². The highest BCUT2D eigenvalue weighted by Gasteiger charge is 2.54. The zero-order valence-electron chi connectivity index (χ0n) is 13.1. The lowest BCUT2D eigenvalue weighted by Gasteiger charge is -2.44. The number of carbonyl (C=O) groups is 3. The summed E-state index contributed by atoms with van der Waals surface area (Å²) in [5.41, 5.74) is -1.85. The second-order valence-electron chi connectivity index (χ2n) is 6.07. The maximum absolute atomic E-state index is 12.0. The van der Waals surface area contributed by atoms with Crippen LogP contribution >= 0.6 is 0 Å². The third-order valence-corrected chi connectivity index (χ3v) is 2.89. The molecule has 0 aromatic carbocycles. The molecule has 1 saturated carbocycles. The summed E-state index contributed by atoms with van der Waals surface area (Å²) >= 11 is 0. The quantitative estimate of drug-likeness (QED) is 0.625. The zero-order chi connectivity index (χ0) is 16.3. The molecule has 0 unspecified atom stereocenters. The summed E-state index contributed by atoms with van der Waals surface area (Å²) in [6.45, 7) is 8.37. The van der Waals surface area contributed by atoms with Gasteiger partial charge in [0.25, 0.3) is 0 Å². The van der Waals surface area contributed by atoms with Gasteiger partial charge in [0.2, 0.25) is 0 Å². The van der Waals surface area contributed by atoms with Gasteiger partial charge in [0.1, 0.15) is 17.2 Å². The van der Waals surface area contributed by atoms with E-state index in [9.17, 15) is 14.4 Å². The van der Waals surface area contributed by atoms with Crippen molar-refractivity contribution in [2.75, 3.05) is 6.61 Å². The Morgan fingerprint density at radius 1 is 1.24 bits per heavy atom. The second kappa shape index (κ2) is 6.32. The van der Waals surface area contributed by atoms with Crippen LogP contribution in [0, 0.1) is 0 Å². The van der Waals surface area contributed by atoms with Gasteiger partial charge in [-0.2, -0.15) is 0 Å². The molecule has 0 aliphatic heterocycles. The topological polar surface area (TPSA) is 90.9 Å². The van der Waals surface area contributed by atoms with Crippen molar-refractivity contribution in [3.63, 3.8) is 0 Å². The van der Waals surface area contributed by atoms with Gasteiger partial charge < -0.3 is 19.5 Å². The van der Waals surface area contributed by atoms with Crippen LogP contribution in [-0.4, -0.2) is 41.9 Å². The first-order valence-corrected chi connectivity index (χ1v) is 6.93. The van der Waals surface area contributed by atoms with E-state index >= 15 is 0 Å². The number of nitrogens with one attached hydrogen (secondary N) is 1. The van der Waals surface area contributed by atoms with E-state index in [4.69, 9.17) is 14.2 Å². The number of amides is 1. The van der Waals surface area contributed by atoms with Crippen LogP contribution in [0.5, 0.6) is 0 Å². The Balaban J connectivity index is 2.70. The maximum atomic E-state index is 12.0. The highest BCUT2D eigenvalue weighted by molar-refractivity contribution is 5.87. The Hall–Kier alpha value is -1.79. The van der Waals surface area contributed by atoms with Gasteiger partial charge in [-0.15, -0.1) is 0 Å². The standard InChI is InChI=1S/C14H23NO6/c1-6-19-11(17)14(7-10(8-14)20-9(2)16)15-12(18)21-13(3,4)5/h10H,6-8H2,1-5H3,(H,15,18). The van der Waals surface area contributed by atoms with E-state index in [2.05, 4.69) is 5.32 Å². The molecule has 0 atom stereocenters. The molecular weight excluding hydrogens is 278 g/mol. The molecule has 1 fully saturated rings. The lowest BCUT2D eigenvalue weighted by atomic mass is 9.74. The van der Waals surface area contributed by atoms with Gasteiger partial charge in [-0.05, 0) is 27.7 Å². The Morgan fingerprint density at radius 2 is 1.81 bits per heavy atom. The van der Waals surface area contributed by atoms with Crippen LogP contribution in [0.25, 0.3) is 0 Å². The minimum atomic E-state index is -1.18. The van der Waals surface area contributed by atoms with Crippen molar-refractivity contribution < 1.29 is 28.6 Å². The molecule has 0 spiro atoms. The van der Waals surface area contributed by atoms with Crippen molar-refractivity contribution >= 4 is 18.0 Å². The summed E-state index contributed by atoms with van der Waals surface area (Å²) in [5, 5.41) is 2.55. The van der Waals surface area contributed by atoms with Crippen molar-refractivity contribution in [3.05, 3.63) is 0 Å². The molecule has 7 nitrogen and oxygen atoms in total. The highest BCUT2D eigenvalue weighted by Crippen LogP contribution is 2.36. The fraction of sp³-hybridized carbons (Fsp3) is 0.786. The highest BCUT2D eigenvalue weighted by atomic mass is 16.6. The number of esters is 2.